The summed E-state index contributed by atoms with van der Waals surface area (Å²) in [5.74, 6) is -0.103. The Labute approximate surface area is 161 Å². The molecule has 0 heterocycles. The number of methoxy groups -OCH3 is 1. The summed E-state index contributed by atoms with van der Waals surface area (Å²) < 4.78 is 32.2. The third-order valence-electron chi connectivity index (χ3n) is 4.40. The van der Waals surface area contributed by atoms with Gasteiger partial charge in [-0.15, -0.1) is 0 Å². The third-order valence-corrected chi connectivity index (χ3v) is 6.45. The molecule has 146 valence electrons. The maximum absolute atomic E-state index is 12.8. The average molecular weight is 391 g/mol. The fourth-order valence-corrected chi connectivity index (χ4v) is 4.28. The Morgan fingerprint density at radius 1 is 1.07 bits per heavy atom. The van der Waals surface area contributed by atoms with Gasteiger partial charge in [0.1, 0.15) is 5.75 Å². The molecule has 2 rings (SSSR count). The van der Waals surface area contributed by atoms with Crippen molar-refractivity contribution in [1.29, 1.82) is 0 Å². The van der Waals surface area contributed by atoms with E-state index in [4.69, 9.17) is 4.74 Å². The van der Waals surface area contributed by atoms with Gasteiger partial charge in [-0.25, -0.2) is 8.42 Å². The maximum Gasteiger partial charge on any atom is 0.259 e. The van der Waals surface area contributed by atoms with Gasteiger partial charge in [-0.3, -0.25) is 4.79 Å². The SMILES string of the molecule is CCN(CC)S(=O)(=O)c1ccc(OC)c(C(=O)Nc2cc(C)ccc2C)c1. The largest absolute Gasteiger partial charge is 0.496 e. The molecule has 6 nitrogen and oxygen atoms in total. The molecule has 0 atom stereocenters. The second kappa shape index (κ2) is 8.54. The Hall–Kier alpha value is -2.38. The molecule has 0 saturated heterocycles. The van der Waals surface area contributed by atoms with Crippen molar-refractivity contribution in [2.45, 2.75) is 32.6 Å². The standard InChI is InChI=1S/C20H26N2O4S/c1-6-22(7-2)27(24,25)16-10-11-19(26-5)17(13-16)20(23)21-18-12-14(3)8-9-15(18)4/h8-13H,6-7H2,1-5H3,(H,21,23). The van der Waals surface area contributed by atoms with E-state index in [1.807, 2.05) is 32.0 Å². The van der Waals surface area contributed by atoms with Gasteiger partial charge in [-0.05, 0) is 49.2 Å². The van der Waals surface area contributed by atoms with Crippen LogP contribution in [0, 0.1) is 13.8 Å². The molecule has 0 aromatic heterocycles. The second-order valence-corrected chi connectivity index (χ2v) is 8.16. The van der Waals surface area contributed by atoms with Crippen LogP contribution in [0.3, 0.4) is 0 Å². The number of benzene rings is 2. The van der Waals surface area contributed by atoms with E-state index in [0.29, 0.717) is 24.5 Å². The van der Waals surface area contributed by atoms with Gasteiger partial charge >= 0.3 is 0 Å². The Balaban J connectivity index is 2.46. The number of carbonyl (C=O) groups is 1. The van der Waals surface area contributed by atoms with Gasteiger partial charge in [0.25, 0.3) is 5.91 Å². The fraction of sp³-hybridized carbons (Fsp3) is 0.350. The van der Waals surface area contributed by atoms with Crippen molar-refractivity contribution in [1.82, 2.24) is 4.31 Å². The van der Waals surface area contributed by atoms with Crippen molar-refractivity contribution in [2.75, 3.05) is 25.5 Å². The Morgan fingerprint density at radius 3 is 2.33 bits per heavy atom. The van der Waals surface area contributed by atoms with Crippen molar-refractivity contribution in [2.24, 2.45) is 0 Å². The summed E-state index contributed by atoms with van der Waals surface area (Å²) in [5, 5.41) is 2.85. The minimum atomic E-state index is -3.67. The van der Waals surface area contributed by atoms with Crippen molar-refractivity contribution in [3.05, 3.63) is 53.1 Å². The van der Waals surface area contributed by atoms with Crippen LogP contribution in [0.2, 0.25) is 0 Å². The normalized spacial score (nSPS) is 11.5. The molecule has 0 fully saturated rings. The Bertz CT molecular complexity index is 935. The number of carbonyl (C=O) groups excluding carboxylic acids is 1. The highest BCUT2D eigenvalue weighted by Gasteiger charge is 2.24. The maximum atomic E-state index is 12.8. The number of anilines is 1. The van der Waals surface area contributed by atoms with E-state index in [1.165, 1.54) is 29.6 Å². The van der Waals surface area contributed by atoms with Crippen LogP contribution in [-0.4, -0.2) is 38.8 Å². The Morgan fingerprint density at radius 2 is 1.74 bits per heavy atom. The Kier molecular flexibility index (Phi) is 6.62. The van der Waals surface area contributed by atoms with Crippen molar-refractivity contribution < 1.29 is 17.9 Å². The average Bonchev–Trinajstić information content (AvgIpc) is 2.64. The molecule has 0 aliphatic carbocycles. The first-order valence-corrected chi connectivity index (χ1v) is 10.2. The highest BCUT2D eigenvalue weighted by Crippen LogP contribution is 2.26. The van der Waals surface area contributed by atoms with E-state index in [0.717, 1.165) is 11.1 Å². The summed E-state index contributed by atoms with van der Waals surface area (Å²) in [6.45, 7) is 8.10. The van der Waals surface area contributed by atoms with Crippen molar-refractivity contribution in [3.63, 3.8) is 0 Å². The molecule has 1 amide bonds. The molecule has 2 aromatic rings. The molecule has 2 aromatic carbocycles. The number of rotatable bonds is 7. The molecule has 27 heavy (non-hydrogen) atoms. The molecule has 0 aliphatic rings. The minimum absolute atomic E-state index is 0.0677. The van der Waals surface area contributed by atoms with Crippen LogP contribution in [0.15, 0.2) is 41.3 Å². The second-order valence-electron chi connectivity index (χ2n) is 6.22. The number of nitrogens with zero attached hydrogens (tertiary/aromatic N) is 1. The highest BCUT2D eigenvalue weighted by atomic mass is 32.2. The quantitative estimate of drug-likeness (QED) is 0.784. The topological polar surface area (TPSA) is 75.7 Å². The molecule has 1 N–H and O–H groups in total. The first kappa shape index (κ1) is 20.9. The van der Waals surface area contributed by atoms with Gasteiger partial charge in [0.15, 0.2) is 0 Å². The first-order valence-electron chi connectivity index (χ1n) is 8.81. The van der Waals surface area contributed by atoms with Crippen LogP contribution >= 0.6 is 0 Å². The predicted octanol–water partition coefficient (Wildman–Crippen LogP) is 3.59. The molecular weight excluding hydrogens is 364 g/mol. The summed E-state index contributed by atoms with van der Waals surface area (Å²) in [7, 11) is -2.23. The lowest BCUT2D eigenvalue weighted by Crippen LogP contribution is -2.30. The van der Waals surface area contributed by atoms with Crippen LogP contribution in [0.25, 0.3) is 0 Å². The molecular formula is C20H26N2O4S. The summed E-state index contributed by atoms with van der Waals surface area (Å²) >= 11 is 0. The first-order chi connectivity index (χ1) is 12.7. The predicted molar refractivity (Wildman–Crippen MR) is 107 cm³/mol. The van der Waals surface area contributed by atoms with E-state index in [9.17, 15) is 13.2 Å². The molecule has 0 aliphatic heterocycles. The van der Waals surface area contributed by atoms with Gasteiger partial charge in [0, 0.05) is 18.8 Å². The third kappa shape index (κ3) is 4.48. The number of nitrogens with one attached hydrogen (secondary N) is 1. The van der Waals surface area contributed by atoms with Crippen LogP contribution in [0.5, 0.6) is 5.75 Å². The zero-order valence-electron chi connectivity index (χ0n) is 16.4. The lowest BCUT2D eigenvalue weighted by molar-refractivity contribution is 0.102. The van der Waals surface area contributed by atoms with Crippen molar-refractivity contribution >= 4 is 21.6 Å². The monoisotopic (exact) mass is 390 g/mol. The van der Waals surface area contributed by atoms with Gasteiger partial charge < -0.3 is 10.1 Å². The number of hydrogen-bond donors (Lipinski definition) is 1. The van der Waals surface area contributed by atoms with E-state index < -0.39 is 15.9 Å². The lowest BCUT2D eigenvalue weighted by Gasteiger charge is -2.19. The number of sulfonamides is 1. The molecule has 0 bridgehead atoms. The van der Waals surface area contributed by atoms with Gasteiger partial charge in [0.2, 0.25) is 10.0 Å². The van der Waals surface area contributed by atoms with Gasteiger partial charge in [0.05, 0.1) is 17.6 Å². The van der Waals surface area contributed by atoms with Crippen LogP contribution in [-0.2, 0) is 10.0 Å². The molecule has 0 unspecified atom stereocenters. The van der Waals surface area contributed by atoms with Crippen molar-refractivity contribution in [3.8, 4) is 5.75 Å². The fourth-order valence-electron chi connectivity index (χ4n) is 2.80. The minimum Gasteiger partial charge on any atom is -0.496 e. The highest BCUT2D eigenvalue weighted by molar-refractivity contribution is 7.89. The molecule has 0 radical (unpaired) electrons. The summed E-state index contributed by atoms with van der Waals surface area (Å²) in [6.07, 6.45) is 0. The molecule has 7 heteroatoms. The summed E-state index contributed by atoms with van der Waals surface area (Å²) in [5.41, 5.74) is 2.78. The number of amides is 1. The number of ether oxygens (including phenoxy) is 1. The van der Waals surface area contributed by atoms with Gasteiger partial charge in [-0.2, -0.15) is 4.31 Å². The van der Waals surface area contributed by atoms with Crippen LogP contribution in [0.1, 0.15) is 35.3 Å². The number of aryl methyl sites for hydroxylation is 2. The van der Waals surface area contributed by atoms with Gasteiger partial charge in [-0.1, -0.05) is 26.0 Å². The van der Waals surface area contributed by atoms with Crippen LogP contribution in [0.4, 0.5) is 5.69 Å². The number of hydrogen-bond acceptors (Lipinski definition) is 4. The lowest BCUT2D eigenvalue weighted by atomic mass is 10.1. The van der Waals surface area contributed by atoms with E-state index >= 15 is 0 Å². The van der Waals surface area contributed by atoms with E-state index in [2.05, 4.69) is 5.32 Å². The van der Waals surface area contributed by atoms with Crippen LogP contribution < -0.4 is 10.1 Å². The van der Waals surface area contributed by atoms with E-state index in [1.54, 1.807) is 13.8 Å². The zero-order chi connectivity index (χ0) is 20.2. The molecule has 0 spiro atoms. The smallest absolute Gasteiger partial charge is 0.259 e. The summed E-state index contributed by atoms with van der Waals surface area (Å²) in [4.78, 5) is 12.9. The molecule has 0 saturated carbocycles. The van der Waals surface area contributed by atoms with E-state index in [-0.39, 0.29) is 10.5 Å². The summed E-state index contributed by atoms with van der Waals surface area (Å²) in [6, 6.07) is 10.1. The zero-order valence-corrected chi connectivity index (χ0v) is 17.2.